The number of nitrogens with one attached hydrogen (secondary N) is 1. The Morgan fingerprint density at radius 1 is 0.905 bits per heavy atom. The summed E-state index contributed by atoms with van der Waals surface area (Å²) in [7, 11) is 0. The minimum absolute atomic E-state index is 0.338. The average Bonchev–Trinajstić information content (AvgIpc) is 2.48. The van der Waals surface area contributed by atoms with Crippen LogP contribution in [0.15, 0.2) is 0 Å². The van der Waals surface area contributed by atoms with Crippen LogP contribution in [-0.2, 0) is 0 Å². The van der Waals surface area contributed by atoms with E-state index in [9.17, 15) is 13.2 Å². The SMILES string of the molecule is CCCNC(C1CCCCC1)C1CCC(C(F)(F)F)CC1. The van der Waals surface area contributed by atoms with Crippen molar-refractivity contribution in [3.8, 4) is 0 Å². The molecule has 1 nitrogen and oxygen atoms in total. The van der Waals surface area contributed by atoms with E-state index in [1.54, 1.807) is 0 Å². The van der Waals surface area contributed by atoms with Gasteiger partial charge in [0.05, 0.1) is 5.92 Å². The smallest absolute Gasteiger partial charge is 0.313 e. The van der Waals surface area contributed by atoms with Crippen molar-refractivity contribution in [2.75, 3.05) is 6.54 Å². The molecule has 0 aliphatic heterocycles. The van der Waals surface area contributed by atoms with Crippen molar-refractivity contribution < 1.29 is 13.2 Å². The van der Waals surface area contributed by atoms with E-state index in [0.29, 0.717) is 30.7 Å². The van der Waals surface area contributed by atoms with Gasteiger partial charge in [-0.1, -0.05) is 26.2 Å². The highest BCUT2D eigenvalue weighted by Crippen LogP contribution is 2.42. The molecule has 2 aliphatic rings. The summed E-state index contributed by atoms with van der Waals surface area (Å²) in [6, 6.07) is 0.458. The van der Waals surface area contributed by atoms with E-state index >= 15 is 0 Å². The molecule has 0 saturated heterocycles. The summed E-state index contributed by atoms with van der Waals surface area (Å²) in [6.07, 6.45) is 5.75. The van der Waals surface area contributed by atoms with Crippen LogP contribution in [0.4, 0.5) is 13.2 Å². The Bertz CT molecular complexity index is 289. The van der Waals surface area contributed by atoms with Crippen molar-refractivity contribution >= 4 is 0 Å². The topological polar surface area (TPSA) is 12.0 Å². The van der Waals surface area contributed by atoms with Crippen LogP contribution in [-0.4, -0.2) is 18.8 Å². The zero-order valence-corrected chi connectivity index (χ0v) is 13.2. The van der Waals surface area contributed by atoms with E-state index in [0.717, 1.165) is 25.8 Å². The molecule has 1 unspecified atom stereocenters. The lowest BCUT2D eigenvalue weighted by Crippen LogP contribution is -2.45. The third-order valence-electron chi connectivity index (χ3n) is 5.53. The van der Waals surface area contributed by atoms with Crippen molar-refractivity contribution in [3.05, 3.63) is 0 Å². The average molecular weight is 305 g/mol. The molecular weight excluding hydrogens is 275 g/mol. The predicted molar refractivity (Wildman–Crippen MR) is 80.2 cm³/mol. The number of rotatable bonds is 5. The Kier molecular flexibility index (Phi) is 6.39. The highest BCUT2D eigenvalue weighted by Gasteiger charge is 2.43. The Hall–Kier alpha value is -0.250. The quantitative estimate of drug-likeness (QED) is 0.726. The molecule has 0 radical (unpaired) electrons. The zero-order chi connectivity index (χ0) is 15.3. The molecule has 2 fully saturated rings. The van der Waals surface area contributed by atoms with E-state index in [1.165, 1.54) is 32.1 Å². The number of hydrogen-bond donors (Lipinski definition) is 1. The normalized spacial score (nSPS) is 30.3. The molecule has 0 amide bonds. The Morgan fingerprint density at radius 3 is 2.00 bits per heavy atom. The first-order valence-electron chi connectivity index (χ1n) is 8.82. The van der Waals surface area contributed by atoms with E-state index in [2.05, 4.69) is 12.2 Å². The Balaban J connectivity index is 1.91. The van der Waals surface area contributed by atoms with E-state index in [1.807, 2.05) is 0 Å². The van der Waals surface area contributed by atoms with Crippen LogP contribution >= 0.6 is 0 Å². The summed E-state index contributed by atoms with van der Waals surface area (Å²) in [6.45, 7) is 3.16. The minimum atomic E-state index is -3.98. The fourth-order valence-corrected chi connectivity index (χ4v) is 4.33. The van der Waals surface area contributed by atoms with Gasteiger partial charge in [-0.05, 0) is 63.3 Å². The fourth-order valence-electron chi connectivity index (χ4n) is 4.33. The van der Waals surface area contributed by atoms with Gasteiger partial charge < -0.3 is 5.32 Å². The standard InChI is InChI=1S/C17H30F3N/c1-2-12-21-16(13-6-4-3-5-7-13)14-8-10-15(11-9-14)17(18,19)20/h13-16,21H,2-12H2,1H3. The monoisotopic (exact) mass is 305 g/mol. The van der Waals surface area contributed by atoms with Crippen LogP contribution in [0.3, 0.4) is 0 Å². The van der Waals surface area contributed by atoms with Crippen molar-refractivity contribution in [1.82, 2.24) is 5.32 Å². The second kappa shape index (κ2) is 7.85. The molecule has 2 aliphatic carbocycles. The number of hydrogen-bond acceptors (Lipinski definition) is 1. The van der Waals surface area contributed by atoms with Crippen LogP contribution in [0, 0.1) is 17.8 Å². The number of alkyl halides is 3. The third-order valence-corrected chi connectivity index (χ3v) is 5.53. The van der Waals surface area contributed by atoms with Gasteiger partial charge in [-0.15, -0.1) is 0 Å². The van der Waals surface area contributed by atoms with Gasteiger partial charge >= 0.3 is 6.18 Å². The lowest BCUT2D eigenvalue weighted by Gasteiger charge is -2.40. The molecule has 21 heavy (non-hydrogen) atoms. The largest absolute Gasteiger partial charge is 0.391 e. The Morgan fingerprint density at radius 2 is 1.48 bits per heavy atom. The minimum Gasteiger partial charge on any atom is -0.313 e. The Labute approximate surface area is 127 Å². The zero-order valence-electron chi connectivity index (χ0n) is 13.2. The summed E-state index contributed by atoms with van der Waals surface area (Å²) < 4.78 is 38.4. The van der Waals surface area contributed by atoms with Crippen molar-refractivity contribution in [1.29, 1.82) is 0 Å². The lowest BCUT2D eigenvalue weighted by molar-refractivity contribution is -0.184. The van der Waals surface area contributed by atoms with Crippen molar-refractivity contribution in [3.63, 3.8) is 0 Å². The predicted octanol–water partition coefficient (Wildman–Crippen LogP) is 5.30. The maximum Gasteiger partial charge on any atom is 0.391 e. The van der Waals surface area contributed by atoms with Gasteiger partial charge in [-0.3, -0.25) is 0 Å². The van der Waals surface area contributed by atoms with Crippen LogP contribution in [0.2, 0.25) is 0 Å². The van der Waals surface area contributed by atoms with Gasteiger partial charge in [0.25, 0.3) is 0 Å². The molecule has 124 valence electrons. The van der Waals surface area contributed by atoms with Gasteiger partial charge in [0.2, 0.25) is 0 Å². The lowest BCUT2D eigenvalue weighted by atomic mass is 9.71. The molecule has 0 aromatic rings. The summed E-state index contributed by atoms with van der Waals surface area (Å²) in [4.78, 5) is 0. The van der Waals surface area contributed by atoms with Crippen LogP contribution in [0.1, 0.15) is 71.1 Å². The van der Waals surface area contributed by atoms with E-state index in [4.69, 9.17) is 0 Å². The van der Waals surface area contributed by atoms with Crippen LogP contribution in [0.5, 0.6) is 0 Å². The molecule has 0 aromatic carbocycles. The first-order valence-corrected chi connectivity index (χ1v) is 8.82. The highest BCUT2D eigenvalue weighted by atomic mass is 19.4. The van der Waals surface area contributed by atoms with E-state index in [-0.39, 0.29) is 0 Å². The maximum atomic E-state index is 12.8. The first-order chi connectivity index (χ1) is 10.0. The fraction of sp³-hybridized carbons (Fsp3) is 1.00. The third kappa shape index (κ3) is 4.87. The molecule has 0 spiro atoms. The molecule has 0 aromatic heterocycles. The van der Waals surface area contributed by atoms with Crippen LogP contribution < -0.4 is 5.32 Å². The highest BCUT2D eigenvalue weighted by molar-refractivity contribution is 4.89. The van der Waals surface area contributed by atoms with Gasteiger partial charge in [0, 0.05) is 6.04 Å². The maximum absolute atomic E-state index is 12.8. The molecule has 0 heterocycles. The van der Waals surface area contributed by atoms with Crippen molar-refractivity contribution in [2.45, 2.75) is 83.4 Å². The van der Waals surface area contributed by atoms with Crippen molar-refractivity contribution in [2.24, 2.45) is 17.8 Å². The second-order valence-corrected chi connectivity index (χ2v) is 7.03. The van der Waals surface area contributed by atoms with Crippen LogP contribution in [0.25, 0.3) is 0 Å². The molecular formula is C17H30F3N. The summed E-state index contributed by atoms with van der Waals surface area (Å²) >= 11 is 0. The number of halogens is 3. The summed E-state index contributed by atoms with van der Waals surface area (Å²) in [5.74, 6) is 0.0999. The summed E-state index contributed by atoms with van der Waals surface area (Å²) in [5.41, 5.74) is 0. The first kappa shape index (κ1) is 17.1. The van der Waals surface area contributed by atoms with Gasteiger partial charge in [-0.25, -0.2) is 0 Å². The molecule has 2 saturated carbocycles. The molecule has 1 atom stereocenters. The second-order valence-electron chi connectivity index (χ2n) is 7.03. The van der Waals surface area contributed by atoms with Gasteiger partial charge in [-0.2, -0.15) is 13.2 Å². The molecule has 0 bridgehead atoms. The molecule has 2 rings (SSSR count). The van der Waals surface area contributed by atoms with Gasteiger partial charge in [0.1, 0.15) is 0 Å². The molecule has 4 heteroatoms. The van der Waals surface area contributed by atoms with E-state index < -0.39 is 12.1 Å². The van der Waals surface area contributed by atoms with Gasteiger partial charge in [0.15, 0.2) is 0 Å². The molecule has 1 N–H and O–H groups in total. The summed E-state index contributed by atoms with van der Waals surface area (Å²) in [5, 5.41) is 3.68.